The highest BCUT2D eigenvalue weighted by atomic mass is 32.2. The van der Waals surface area contributed by atoms with Crippen LogP contribution in [0.15, 0.2) is 65.7 Å². The van der Waals surface area contributed by atoms with Crippen LogP contribution in [0.25, 0.3) is 21.1 Å². The Balaban J connectivity index is 1.39. The number of rotatable bonds is 8. The van der Waals surface area contributed by atoms with Gasteiger partial charge in [0.05, 0.1) is 34.2 Å². The number of nitrogens with zero attached hydrogens (tertiary/aromatic N) is 3. The van der Waals surface area contributed by atoms with Crippen LogP contribution in [0.4, 0.5) is 10.1 Å². The Labute approximate surface area is 209 Å². The Morgan fingerprint density at radius 1 is 1.06 bits per heavy atom. The van der Waals surface area contributed by atoms with Gasteiger partial charge in [-0.3, -0.25) is 4.79 Å². The Morgan fingerprint density at radius 3 is 2.54 bits per heavy atom. The number of thioether (sulfide) groups is 1. The zero-order valence-corrected chi connectivity index (χ0v) is 20.6. The fourth-order valence-electron chi connectivity index (χ4n) is 3.17. The second kappa shape index (κ2) is 11.2. The second-order valence-corrected chi connectivity index (χ2v) is 9.29. The van der Waals surface area contributed by atoms with E-state index in [9.17, 15) is 14.0 Å². The van der Waals surface area contributed by atoms with Gasteiger partial charge in [0.25, 0.3) is 0 Å². The summed E-state index contributed by atoms with van der Waals surface area (Å²) in [5.41, 5.74) is 3.02. The highest BCUT2D eigenvalue weighted by Crippen LogP contribution is 2.34. The largest absolute Gasteiger partial charge is 0.462 e. The maximum atomic E-state index is 13.2. The average Bonchev–Trinajstić information content (AvgIpc) is 3.25. The number of benzene rings is 2. The van der Waals surface area contributed by atoms with Crippen molar-refractivity contribution in [3.8, 4) is 21.1 Å². The number of amides is 1. The molecule has 2 aromatic carbocycles. The molecule has 0 bridgehead atoms. The Hall–Kier alpha value is -3.63. The summed E-state index contributed by atoms with van der Waals surface area (Å²) in [7, 11) is 0. The van der Waals surface area contributed by atoms with Crippen LogP contribution in [0.1, 0.15) is 23.0 Å². The first-order chi connectivity index (χ1) is 16.9. The normalized spacial score (nSPS) is 10.7. The van der Waals surface area contributed by atoms with Gasteiger partial charge in [0.2, 0.25) is 5.91 Å². The predicted octanol–water partition coefficient (Wildman–Crippen LogP) is 5.62. The minimum absolute atomic E-state index is 0.0967. The summed E-state index contributed by atoms with van der Waals surface area (Å²) in [6.07, 6.45) is 0. The molecule has 0 spiro atoms. The molecule has 0 saturated carbocycles. The van der Waals surface area contributed by atoms with Gasteiger partial charge < -0.3 is 10.1 Å². The predicted molar refractivity (Wildman–Crippen MR) is 135 cm³/mol. The molecular weight excluding hydrogens is 487 g/mol. The van der Waals surface area contributed by atoms with E-state index in [2.05, 4.69) is 20.5 Å². The van der Waals surface area contributed by atoms with Crippen LogP contribution >= 0.6 is 23.1 Å². The second-order valence-electron chi connectivity index (χ2n) is 7.30. The van der Waals surface area contributed by atoms with Crippen LogP contribution < -0.4 is 5.32 Å². The number of anilines is 1. The molecule has 0 fully saturated rings. The Bertz CT molecular complexity index is 1340. The maximum Gasteiger partial charge on any atom is 0.340 e. The van der Waals surface area contributed by atoms with Gasteiger partial charge in [-0.1, -0.05) is 23.9 Å². The Kier molecular flexibility index (Phi) is 7.84. The molecule has 0 atom stereocenters. The fraction of sp³-hybridized carbons (Fsp3) is 0.160. The lowest BCUT2D eigenvalue weighted by atomic mass is 10.2. The number of nitrogens with one attached hydrogen (secondary N) is 1. The third-order valence-corrected chi connectivity index (χ3v) is 6.96. The van der Waals surface area contributed by atoms with E-state index in [0.29, 0.717) is 22.0 Å². The third-order valence-electron chi connectivity index (χ3n) is 4.81. The van der Waals surface area contributed by atoms with E-state index in [0.717, 1.165) is 21.1 Å². The zero-order chi connectivity index (χ0) is 24.8. The molecule has 2 heterocycles. The van der Waals surface area contributed by atoms with Gasteiger partial charge in [-0.25, -0.2) is 14.2 Å². The molecule has 178 valence electrons. The number of carbonyl (C=O) groups is 2. The van der Waals surface area contributed by atoms with Crippen molar-refractivity contribution in [2.45, 2.75) is 18.9 Å². The molecule has 7 nitrogen and oxygen atoms in total. The molecule has 0 aliphatic carbocycles. The summed E-state index contributed by atoms with van der Waals surface area (Å²) >= 11 is 2.69. The van der Waals surface area contributed by atoms with Gasteiger partial charge in [0.15, 0.2) is 0 Å². The minimum Gasteiger partial charge on any atom is -0.462 e. The number of carbonyl (C=O) groups excluding carboxylic acids is 2. The van der Waals surface area contributed by atoms with Gasteiger partial charge in [0.1, 0.15) is 21.5 Å². The van der Waals surface area contributed by atoms with Crippen molar-refractivity contribution in [2.75, 3.05) is 17.7 Å². The molecule has 0 aliphatic rings. The van der Waals surface area contributed by atoms with Crippen molar-refractivity contribution in [1.29, 1.82) is 0 Å². The fourth-order valence-corrected chi connectivity index (χ4v) is 4.82. The minimum atomic E-state index is -0.488. The summed E-state index contributed by atoms with van der Waals surface area (Å²) in [6.45, 7) is 3.87. The molecule has 4 rings (SSSR count). The Morgan fingerprint density at radius 2 is 1.83 bits per heavy atom. The van der Waals surface area contributed by atoms with Crippen LogP contribution in [-0.2, 0) is 9.53 Å². The van der Waals surface area contributed by atoms with Crippen LogP contribution in [0.3, 0.4) is 0 Å². The number of hydrogen-bond acceptors (Lipinski definition) is 8. The van der Waals surface area contributed by atoms with Crippen molar-refractivity contribution in [3.05, 3.63) is 77.7 Å². The lowest BCUT2D eigenvalue weighted by Crippen LogP contribution is -2.17. The lowest BCUT2D eigenvalue weighted by molar-refractivity contribution is -0.113. The molecule has 35 heavy (non-hydrogen) atoms. The van der Waals surface area contributed by atoms with Crippen molar-refractivity contribution >= 4 is 40.7 Å². The van der Waals surface area contributed by atoms with E-state index in [-0.39, 0.29) is 24.1 Å². The van der Waals surface area contributed by atoms with Gasteiger partial charge in [-0.15, -0.1) is 21.5 Å². The van der Waals surface area contributed by atoms with Crippen LogP contribution in [0.2, 0.25) is 0 Å². The molecule has 0 saturated heterocycles. The first-order valence-electron chi connectivity index (χ1n) is 10.7. The maximum absolute atomic E-state index is 13.2. The van der Waals surface area contributed by atoms with Gasteiger partial charge in [0, 0.05) is 5.56 Å². The first kappa shape index (κ1) is 24.5. The first-order valence-corrected chi connectivity index (χ1v) is 12.5. The van der Waals surface area contributed by atoms with Gasteiger partial charge >= 0.3 is 5.97 Å². The molecule has 2 aromatic heterocycles. The van der Waals surface area contributed by atoms with Gasteiger partial charge in [-0.05, 0) is 62.4 Å². The molecular formula is C25H21FN4O3S2. The number of para-hydroxylation sites is 1. The topological polar surface area (TPSA) is 94.1 Å². The quantitative estimate of drug-likeness (QED) is 0.244. The van der Waals surface area contributed by atoms with E-state index in [1.54, 1.807) is 49.4 Å². The summed E-state index contributed by atoms with van der Waals surface area (Å²) in [5, 5.41) is 12.6. The highest BCUT2D eigenvalue weighted by Gasteiger charge is 2.16. The molecule has 1 N–H and O–H groups in total. The van der Waals surface area contributed by atoms with E-state index in [4.69, 9.17) is 4.74 Å². The van der Waals surface area contributed by atoms with E-state index >= 15 is 0 Å². The number of thiazole rings is 1. The number of aryl methyl sites for hydroxylation is 1. The molecule has 1 amide bonds. The van der Waals surface area contributed by atoms with Gasteiger partial charge in [-0.2, -0.15) is 0 Å². The zero-order valence-electron chi connectivity index (χ0n) is 18.9. The summed E-state index contributed by atoms with van der Waals surface area (Å²) in [5.74, 6) is -0.962. The molecule has 4 aromatic rings. The number of ether oxygens (including phenoxy) is 1. The van der Waals surface area contributed by atoms with E-state index in [1.165, 1.54) is 35.2 Å². The number of hydrogen-bond donors (Lipinski definition) is 1. The average molecular weight is 509 g/mol. The smallest absolute Gasteiger partial charge is 0.340 e. The summed E-state index contributed by atoms with van der Waals surface area (Å²) < 4.78 is 18.2. The summed E-state index contributed by atoms with van der Waals surface area (Å²) in [6, 6.07) is 16.5. The van der Waals surface area contributed by atoms with Crippen LogP contribution in [0, 0.1) is 12.7 Å². The molecule has 0 radical (unpaired) electrons. The van der Waals surface area contributed by atoms with Crippen molar-refractivity contribution < 1.29 is 18.7 Å². The van der Waals surface area contributed by atoms with E-state index < -0.39 is 5.97 Å². The van der Waals surface area contributed by atoms with Crippen molar-refractivity contribution in [1.82, 2.24) is 15.2 Å². The SMILES string of the molecule is CCOC(=O)c1ccccc1NC(=O)CSc1ccc(-c2sc(-c3ccc(F)cc3)nc2C)nn1. The number of aromatic nitrogens is 3. The monoisotopic (exact) mass is 508 g/mol. The van der Waals surface area contributed by atoms with Crippen LogP contribution in [0.5, 0.6) is 0 Å². The van der Waals surface area contributed by atoms with Crippen molar-refractivity contribution in [2.24, 2.45) is 0 Å². The summed E-state index contributed by atoms with van der Waals surface area (Å²) in [4.78, 5) is 30.0. The molecule has 10 heteroatoms. The third kappa shape index (κ3) is 6.09. The lowest BCUT2D eigenvalue weighted by Gasteiger charge is -2.10. The van der Waals surface area contributed by atoms with Crippen molar-refractivity contribution in [3.63, 3.8) is 0 Å². The standard InChI is InChI=1S/C25H21FN4O3S2/c1-3-33-25(32)18-6-4-5-7-19(18)28-21(31)14-34-22-13-12-20(29-30-22)23-15(2)27-24(35-23)16-8-10-17(26)11-9-16/h4-13H,3,14H2,1-2H3,(H,28,31). The number of halogens is 1. The molecule has 0 aliphatic heterocycles. The number of esters is 1. The highest BCUT2D eigenvalue weighted by molar-refractivity contribution is 7.99. The molecule has 0 unspecified atom stereocenters. The van der Waals surface area contributed by atoms with Crippen LogP contribution in [-0.4, -0.2) is 39.4 Å². The van der Waals surface area contributed by atoms with E-state index in [1.807, 2.05) is 13.0 Å².